The minimum absolute atomic E-state index is 0.115. The summed E-state index contributed by atoms with van der Waals surface area (Å²) in [7, 11) is 0. The van der Waals surface area contributed by atoms with Crippen LogP contribution in [-0.2, 0) is 6.54 Å². The second-order valence-electron chi connectivity index (χ2n) is 5.74. The van der Waals surface area contributed by atoms with E-state index < -0.39 is 0 Å². The highest BCUT2D eigenvalue weighted by atomic mass is 16.5. The van der Waals surface area contributed by atoms with Crippen molar-refractivity contribution in [2.45, 2.75) is 47.3 Å². The van der Waals surface area contributed by atoms with Crippen molar-refractivity contribution in [3.05, 3.63) is 52.7 Å². The van der Waals surface area contributed by atoms with Crippen LogP contribution in [0.2, 0.25) is 0 Å². The summed E-state index contributed by atoms with van der Waals surface area (Å²) in [5, 5.41) is 3.43. The normalized spacial score (nSPS) is 10.8. The van der Waals surface area contributed by atoms with Gasteiger partial charge in [-0.3, -0.25) is 0 Å². The Hall–Kier alpha value is -2.03. The van der Waals surface area contributed by atoms with Crippen molar-refractivity contribution in [3.8, 4) is 5.88 Å². The fourth-order valence-corrected chi connectivity index (χ4v) is 2.24. The van der Waals surface area contributed by atoms with Crippen LogP contribution in [0.4, 0.5) is 5.69 Å². The van der Waals surface area contributed by atoms with Crippen molar-refractivity contribution in [3.63, 3.8) is 0 Å². The lowest BCUT2D eigenvalue weighted by Crippen LogP contribution is -2.10. The Bertz CT molecular complexity index is 621. The Morgan fingerprint density at radius 3 is 2.52 bits per heavy atom. The average molecular weight is 284 g/mol. The maximum Gasteiger partial charge on any atom is 0.237 e. The van der Waals surface area contributed by atoms with Gasteiger partial charge in [-0.05, 0) is 69.0 Å². The summed E-state index contributed by atoms with van der Waals surface area (Å²) in [6.07, 6.45) is 1.87. The summed E-state index contributed by atoms with van der Waals surface area (Å²) in [6, 6.07) is 8.40. The van der Waals surface area contributed by atoms with Gasteiger partial charge in [0, 0.05) is 12.7 Å². The molecular formula is C18H24N2O. The van der Waals surface area contributed by atoms with Gasteiger partial charge in [0.15, 0.2) is 0 Å². The molecule has 0 aliphatic carbocycles. The van der Waals surface area contributed by atoms with E-state index in [2.05, 4.69) is 43.2 Å². The molecule has 1 heterocycles. The van der Waals surface area contributed by atoms with Gasteiger partial charge >= 0.3 is 0 Å². The Labute approximate surface area is 127 Å². The van der Waals surface area contributed by atoms with Gasteiger partial charge in [-0.1, -0.05) is 12.1 Å². The van der Waals surface area contributed by atoms with Crippen LogP contribution in [-0.4, -0.2) is 11.1 Å². The SMILES string of the molecule is Cc1cc(C)c(CNc2cccnc2OC(C)C)cc1C. The number of aromatic nitrogens is 1. The predicted molar refractivity (Wildman–Crippen MR) is 88.0 cm³/mol. The summed E-state index contributed by atoms with van der Waals surface area (Å²) in [4.78, 5) is 4.30. The second kappa shape index (κ2) is 6.61. The van der Waals surface area contributed by atoms with E-state index in [-0.39, 0.29) is 6.10 Å². The van der Waals surface area contributed by atoms with Crippen molar-refractivity contribution in [2.75, 3.05) is 5.32 Å². The average Bonchev–Trinajstić information content (AvgIpc) is 2.42. The molecule has 0 spiro atoms. The number of ether oxygens (including phenoxy) is 1. The van der Waals surface area contributed by atoms with Crippen LogP contribution in [0.25, 0.3) is 0 Å². The number of hydrogen-bond donors (Lipinski definition) is 1. The van der Waals surface area contributed by atoms with Crippen molar-refractivity contribution in [1.29, 1.82) is 0 Å². The Morgan fingerprint density at radius 1 is 1.10 bits per heavy atom. The van der Waals surface area contributed by atoms with E-state index in [0.717, 1.165) is 12.2 Å². The van der Waals surface area contributed by atoms with Crippen LogP contribution < -0.4 is 10.1 Å². The molecule has 1 aromatic heterocycles. The summed E-state index contributed by atoms with van der Waals surface area (Å²) in [6.45, 7) is 11.2. The first-order chi connectivity index (χ1) is 9.97. The zero-order valence-electron chi connectivity index (χ0n) is 13.5. The third-order valence-corrected chi connectivity index (χ3v) is 3.54. The van der Waals surface area contributed by atoms with Gasteiger partial charge in [-0.15, -0.1) is 0 Å². The van der Waals surface area contributed by atoms with Crippen LogP contribution in [0.3, 0.4) is 0 Å². The summed E-state index contributed by atoms with van der Waals surface area (Å²) >= 11 is 0. The molecule has 0 amide bonds. The molecular weight excluding hydrogens is 260 g/mol. The molecule has 1 aromatic carbocycles. The maximum atomic E-state index is 5.73. The highest BCUT2D eigenvalue weighted by Gasteiger charge is 2.07. The molecule has 0 aliphatic rings. The minimum Gasteiger partial charge on any atom is -0.473 e. The smallest absolute Gasteiger partial charge is 0.237 e. The monoisotopic (exact) mass is 284 g/mol. The second-order valence-corrected chi connectivity index (χ2v) is 5.74. The van der Waals surface area contributed by atoms with Crippen LogP contribution in [0, 0.1) is 20.8 Å². The van der Waals surface area contributed by atoms with Gasteiger partial charge in [-0.2, -0.15) is 0 Å². The highest BCUT2D eigenvalue weighted by molar-refractivity contribution is 5.53. The maximum absolute atomic E-state index is 5.73. The van der Waals surface area contributed by atoms with Gasteiger partial charge in [-0.25, -0.2) is 4.98 Å². The molecule has 0 bridgehead atoms. The molecule has 3 nitrogen and oxygen atoms in total. The van der Waals surface area contributed by atoms with E-state index in [4.69, 9.17) is 4.74 Å². The van der Waals surface area contributed by atoms with Gasteiger partial charge in [0.05, 0.1) is 11.8 Å². The van der Waals surface area contributed by atoms with Crippen molar-refractivity contribution >= 4 is 5.69 Å². The van der Waals surface area contributed by atoms with Crippen LogP contribution in [0.1, 0.15) is 36.1 Å². The van der Waals surface area contributed by atoms with Gasteiger partial charge < -0.3 is 10.1 Å². The number of pyridine rings is 1. The number of nitrogens with one attached hydrogen (secondary N) is 1. The van der Waals surface area contributed by atoms with Crippen molar-refractivity contribution in [2.24, 2.45) is 0 Å². The predicted octanol–water partition coefficient (Wildman–Crippen LogP) is 4.41. The topological polar surface area (TPSA) is 34.2 Å². The van der Waals surface area contributed by atoms with E-state index >= 15 is 0 Å². The lowest BCUT2D eigenvalue weighted by molar-refractivity contribution is 0.234. The molecule has 0 saturated heterocycles. The first-order valence-electron chi connectivity index (χ1n) is 7.39. The van der Waals surface area contributed by atoms with Crippen LogP contribution in [0.5, 0.6) is 5.88 Å². The third-order valence-electron chi connectivity index (χ3n) is 3.54. The van der Waals surface area contributed by atoms with E-state index in [1.807, 2.05) is 26.0 Å². The number of rotatable bonds is 5. The quantitative estimate of drug-likeness (QED) is 0.883. The molecule has 0 aliphatic heterocycles. The minimum atomic E-state index is 0.115. The number of aryl methyl sites for hydroxylation is 3. The molecule has 3 heteroatoms. The molecule has 2 rings (SSSR count). The molecule has 0 atom stereocenters. The summed E-state index contributed by atoms with van der Waals surface area (Å²) in [5.74, 6) is 0.661. The molecule has 0 unspecified atom stereocenters. The fraction of sp³-hybridized carbons (Fsp3) is 0.389. The van der Waals surface area contributed by atoms with Crippen LogP contribution in [0.15, 0.2) is 30.5 Å². The summed E-state index contributed by atoms with van der Waals surface area (Å²) < 4.78 is 5.73. The molecule has 0 radical (unpaired) electrons. The molecule has 0 fully saturated rings. The fourth-order valence-electron chi connectivity index (χ4n) is 2.24. The number of nitrogens with zero attached hydrogens (tertiary/aromatic N) is 1. The standard InChI is InChI=1S/C18H24N2O/c1-12(2)21-18-17(7-6-8-19-18)20-11-16-10-14(4)13(3)9-15(16)5/h6-10,12,20H,11H2,1-5H3. The zero-order chi connectivity index (χ0) is 15.4. The van der Waals surface area contributed by atoms with E-state index in [1.54, 1.807) is 6.20 Å². The lowest BCUT2D eigenvalue weighted by atomic mass is 10.0. The number of benzene rings is 1. The first kappa shape index (κ1) is 15.4. The summed E-state index contributed by atoms with van der Waals surface area (Å²) in [5.41, 5.74) is 6.20. The van der Waals surface area contributed by atoms with E-state index in [1.165, 1.54) is 22.3 Å². The lowest BCUT2D eigenvalue weighted by Gasteiger charge is -2.15. The van der Waals surface area contributed by atoms with Crippen molar-refractivity contribution in [1.82, 2.24) is 4.98 Å². The Kier molecular flexibility index (Phi) is 4.84. The number of anilines is 1. The molecule has 112 valence electrons. The third kappa shape index (κ3) is 3.97. The Balaban J connectivity index is 2.15. The van der Waals surface area contributed by atoms with E-state index in [0.29, 0.717) is 5.88 Å². The van der Waals surface area contributed by atoms with Gasteiger partial charge in [0.25, 0.3) is 0 Å². The largest absolute Gasteiger partial charge is 0.473 e. The molecule has 1 N–H and O–H groups in total. The van der Waals surface area contributed by atoms with Gasteiger partial charge in [0.2, 0.25) is 5.88 Å². The Morgan fingerprint density at radius 2 is 1.81 bits per heavy atom. The van der Waals surface area contributed by atoms with E-state index in [9.17, 15) is 0 Å². The molecule has 2 aromatic rings. The van der Waals surface area contributed by atoms with Crippen LogP contribution >= 0.6 is 0 Å². The highest BCUT2D eigenvalue weighted by Crippen LogP contribution is 2.23. The number of hydrogen-bond acceptors (Lipinski definition) is 3. The van der Waals surface area contributed by atoms with Gasteiger partial charge in [0.1, 0.15) is 0 Å². The van der Waals surface area contributed by atoms with Crippen molar-refractivity contribution < 1.29 is 4.74 Å². The first-order valence-corrected chi connectivity index (χ1v) is 7.39. The molecule has 21 heavy (non-hydrogen) atoms. The molecule has 0 saturated carbocycles. The zero-order valence-corrected chi connectivity index (χ0v) is 13.5.